The summed E-state index contributed by atoms with van der Waals surface area (Å²) in [5.41, 5.74) is 5.39. The third kappa shape index (κ3) is 3.28. The van der Waals surface area contributed by atoms with Gasteiger partial charge >= 0.3 is 5.97 Å². The van der Waals surface area contributed by atoms with E-state index in [0.29, 0.717) is 18.2 Å². The lowest BCUT2D eigenvalue weighted by Crippen LogP contribution is -2.40. The predicted molar refractivity (Wildman–Crippen MR) is 56.2 cm³/mol. The fourth-order valence-electron chi connectivity index (χ4n) is 1.31. The van der Waals surface area contributed by atoms with Crippen molar-refractivity contribution in [2.24, 2.45) is 5.92 Å². The number of nitrogens with one attached hydrogen (secondary N) is 1. The molecule has 15 heavy (non-hydrogen) atoms. The third-order valence-corrected chi connectivity index (χ3v) is 2.11. The van der Waals surface area contributed by atoms with Gasteiger partial charge in [-0.3, -0.25) is 10.1 Å². The first-order valence-electron chi connectivity index (χ1n) is 4.81. The van der Waals surface area contributed by atoms with Gasteiger partial charge in [0.05, 0.1) is 6.54 Å². The Kier molecular flexibility index (Phi) is 3.74. The molecule has 0 aliphatic rings. The zero-order valence-electron chi connectivity index (χ0n) is 8.86. The minimum absolute atomic E-state index is 0.0230. The summed E-state index contributed by atoms with van der Waals surface area (Å²) in [4.78, 5) is 10.8. The summed E-state index contributed by atoms with van der Waals surface area (Å²) in [6, 6.07) is 2.79. The molecule has 1 rings (SSSR count). The van der Waals surface area contributed by atoms with Crippen LogP contribution in [0.15, 0.2) is 16.5 Å². The fourth-order valence-corrected chi connectivity index (χ4v) is 1.31. The highest BCUT2D eigenvalue weighted by molar-refractivity contribution is 5.73. The number of nitrogen functional groups attached to an aromatic ring is 1. The molecule has 0 saturated carbocycles. The second-order valence-electron chi connectivity index (χ2n) is 3.74. The minimum atomic E-state index is -0.857. The van der Waals surface area contributed by atoms with E-state index in [1.54, 1.807) is 12.1 Å². The van der Waals surface area contributed by atoms with Crippen LogP contribution in [-0.2, 0) is 11.3 Å². The molecule has 1 aromatic heterocycles. The first kappa shape index (κ1) is 11.6. The Bertz CT molecular complexity index is 333. The second kappa shape index (κ2) is 4.84. The Balaban J connectivity index is 2.50. The Labute approximate surface area is 88.3 Å². The van der Waals surface area contributed by atoms with Gasteiger partial charge in [0.2, 0.25) is 0 Å². The van der Waals surface area contributed by atoms with Crippen LogP contribution in [0.3, 0.4) is 0 Å². The average molecular weight is 212 g/mol. The van der Waals surface area contributed by atoms with E-state index in [-0.39, 0.29) is 5.92 Å². The molecule has 5 heteroatoms. The quantitative estimate of drug-likeness (QED) is 0.679. The number of furan rings is 1. The van der Waals surface area contributed by atoms with Gasteiger partial charge in [0.15, 0.2) is 5.88 Å². The summed E-state index contributed by atoms with van der Waals surface area (Å²) in [7, 11) is 0. The number of nitrogens with two attached hydrogens (primary N) is 1. The van der Waals surface area contributed by atoms with Gasteiger partial charge in [-0.2, -0.15) is 0 Å². The molecule has 0 spiro atoms. The standard InChI is InChI=1S/C10H16N2O3/c1-6(2)9(10(13)14)12-5-7-3-4-8(11)15-7/h3-4,6,9,12H,5,11H2,1-2H3,(H,13,14). The molecule has 0 fully saturated rings. The van der Waals surface area contributed by atoms with E-state index in [1.807, 2.05) is 13.8 Å². The van der Waals surface area contributed by atoms with Crippen LogP contribution in [0.5, 0.6) is 0 Å². The number of rotatable bonds is 5. The lowest BCUT2D eigenvalue weighted by atomic mass is 10.1. The zero-order valence-corrected chi connectivity index (χ0v) is 8.86. The molecular weight excluding hydrogens is 196 g/mol. The Morgan fingerprint density at radius 1 is 1.60 bits per heavy atom. The van der Waals surface area contributed by atoms with Crippen LogP contribution in [0.25, 0.3) is 0 Å². The van der Waals surface area contributed by atoms with Crippen molar-refractivity contribution in [1.82, 2.24) is 5.32 Å². The van der Waals surface area contributed by atoms with E-state index in [0.717, 1.165) is 0 Å². The van der Waals surface area contributed by atoms with Crippen molar-refractivity contribution < 1.29 is 14.3 Å². The summed E-state index contributed by atoms with van der Waals surface area (Å²) in [5, 5.41) is 11.8. The highest BCUT2D eigenvalue weighted by Gasteiger charge is 2.20. The molecule has 1 aromatic rings. The summed E-state index contributed by atoms with van der Waals surface area (Å²) < 4.78 is 5.12. The highest BCUT2D eigenvalue weighted by Crippen LogP contribution is 2.10. The molecule has 1 heterocycles. The van der Waals surface area contributed by atoms with Gasteiger partial charge in [0.1, 0.15) is 11.8 Å². The molecule has 4 N–H and O–H groups in total. The SMILES string of the molecule is CC(C)C(NCc1ccc(N)o1)C(=O)O. The van der Waals surface area contributed by atoms with Crippen LogP contribution in [0.4, 0.5) is 5.88 Å². The van der Waals surface area contributed by atoms with Crippen molar-refractivity contribution in [2.75, 3.05) is 5.73 Å². The van der Waals surface area contributed by atoms with Gasteiger partial charge in [-0.1, -0.05) is 13.8 Å². The van der Waals surface area contributed by atoms with Crippen molar-refractivity contribution in [2.45, 2.75) is 26.4 Å². The average Bonchev–Trinajstić information content (AvgIpc) is 2.50. The largest absolute Gasteiger partial charge is 0.480 e. The van der Waals surface area contributed by atoms with Crippen molar-refractivity contribution >= 4 is 11.9 Å². The minimum Gasteiger partial charge on any atom is -0.480 e. The lowest BCUT2D eigenvalue weighted by molar-refractivity contribution is -0.140. The van der Waals surface area contributed by atoms with Crippen LogP contribution in [0, 0.1) is 5.92 Å². The van der Waals surface area contributed by atoms with Crippen molar-refractivity contribution in [3.8, 4) is 0 Å². The molecule has 84 valence electrons. The number of carboxylic acid groups (broad SMARTS) is 1. The van der Waals surface area contributed by atoms with Crippen LogP contribution in [-0.4, -0.2) is 17.1 Å². The second-order valence-corrected chi connectivity index (χ2v) is 3.74. The normalized spacial score (nSPS) is 13.0. The maximum absolute atomic E-state index is 10.8. The van der Waals surface area contributed by atoms with E-state index in [9.17, 15) is 4.79 Å². The number of hydrogen-bond donors (Lipinski definition) is 3. The summed E-state index contributed by atoms with van der Waals surface area (Å²) in [6.07, 6.45) is 0. The highest BCUT2D eigenvalue weighted by atomic mass is 16.4. The molecule has 0 amide bonds. The van der Waals surface area contributed by atoms with Crippen molar-refractivity contribution in [1.29, 1.82) is 0 Å². The summed E-state index contributed by atoms with van der Waals surface area (Å²) >= 11 is 0. The summed E-state index contributed by atoms with van der Waals surface area (Å²) in [5.74, 6) is 0.141. The molecule has 1 unspecified atom stereocenters. The van der Waals surface area contributed by atoms with Gasteiger partial charge in [0.25, 0.3) is 0 Å². The van der Waals surface area contributed by atoms with Crippen LogP contribution < -0.4 is 11.1 Å². The lowest BCUT2D eigenvalue weighted by Gasteiger charge is -2.16. The number of hydrogen-bond acceptors (Lipinski definition) is 4. The maximum atomic E-state index is 10.8. The molecule has 0 aromatic carbocycles. The number of carbonyl (C=O) groups is 1. The summed E-state index contributed by atoms with van der Waals surface area (Å²) in [6.45, 7) is 4.07. The number of aliphatic carboxylic acids is 1. The molecule has 0 bridgehead atoms. The van der Waals surface area contributed by atoms with E-state index < -0.39 is 12.0 Å². The topological polar surface area (TPSA) is 88.5 Å². The zero-order chi connectivity index (χ0) is 11.4. The first-order valence-corrected chi connectivity index (χ1v) is 4.81. The first-order chi connectivity index (χ1) is 7.00. The van der Waals surface area contributed by atoms with Gasteiger partial charge in [-0.25, -0.2) is 0 Å². The Hall–Kier alpha value is -1.49. The van der Waals surface area contributed by atoms with Gasteiger partial charge in [0, 0.05) is 6.07 Å². The fraction of sp³-hybridized carbons (Fsp3) is 0.500. The van der Waals surface area contributed by atoms with Crippen LogP contribution in [0.1, 0.15) is 19.6 Å². The number of carboxylic acids is 1. The smallest absolute Gasteiger partial charge is 0.320 e. The van der Waals surface area contributed by atoms with Gasteiger partial charge in [-0.15, -0.1) is 0 Å². The molecule has 0 aliphatic carbocycles. The van der Waals surface area contributed by atoms with E-state index >= 15 is 0 Å². The molecular formula is C10H16N2O3. The molecule has 0 radical (unpaired) electrons. The van der Waals surface area contributed by atoms with E-state index in [2.05, 4.69) is 5.32 Å². The Morgan fingerprint density at radius 2 is 2.27 bits per heavy atom. The van der Waals surface area contributed by atoms with Crippen LogP contribution in [0.2, 0.25) is 0 Å². The molecule has 1 atom stereocenters. The van der Waals surface area contributed by atoms with Gasteiger partial charge in [-0.05, 0) is 12.0 Å². The third-order valence-electron chi connectivity index (χ3n) is 2.11. The molecule has 5 nitrogen and oxygen atoms in total. The molecule has 0 aliphatic heterocycles. The molecule has 0 saturated heterocycles. The number of anilines is 1. The Morgan fingerprint density at radius 3 is 2.67 bits per heavy atom. The van der Waals surface area contributed by atoms with Gasteiger partial charge < -0.3 is 15.3 Å². The van der Waals surface area contributed by atoms with Crippen molar-refractivity contribution in [3.63, 3.8) is 0 Å². The van der Waals surface area contributed by atoms with Crippen molar-refractivity contribution in [3.05, 3.63) is 17.9 Å². The monoisotopic (exact) mass is 212 g/mol. The maximum Gasteiger partial charge on any atom is 0.320 e. The van der Waals surface area contributed by atoms with E-state index in [4.69, 9.17) is 15.3 Å². The predicted octanol–water partition coefficient (Wildman–Crippen LogP) is 1.06. The van der Waals surface area contributed by atoms with E-state index in [1.165, 1.54) is 0 Å². The van der Waals surface area contributed by atoms with Crippen LogP contribution >= 0.6 is 0 Å².